The Morgan fingerprint density at radius 2 is 1.74 bits per heavy atom. The van der Waals surface area contributed by atoms with Crippen molar-refractivity contribution >= 4 is 17.3 Å². The highest BCUT2D eigenvalue weighted by Crippen LogP contribution is 2.64. The Labute approximate surface area is 204 Å². The molecular formula is C28H42O6. The predicted octanol–water partition coefficient (Wildman–Crippen LogP) is 5.37. The number of hydrogen-bond donors (Lipinski definition) is 0. The number of allylic oxidation sites excluding steroid dienone is 6. The molecule has 0 aliphatic heterocycles. The molecule has 6 heteroatoms. The average molecular weight is 475 g/mol. The van der Waals surface area contributed by atoms with Gasteiger partial charge in [0.2, 0.25) is 0 Å². The van der Waals surface area contributed by atoms with Crippen LogP contribution in [0.1, 0.15) is 74.1 Å². The Hall–Kier alpha value is -2.05. The molecule has 4 atom stereocenters. The standard InChI is InChI=1S/C28H42O6/c1-18(2)11-10-13-26(7)23(34-17-32-8)16-27(14-12-19(3)4)22(33-9)15-21(29)28(26,25(27)31)24(30)20(5)6/h11-12,15,20,23H,10,13-14,16-17H2,1-9H3/t23-,26+,27+,28+/m0/s1. The number of carbonyl (C=O) groups excluding carboxylic acids is 3. The van der Waals surface area contributed by atoms with E-state index in [9.17, 15) is 14.4 Å². The van der Waals surface area contributed by atoms with Gasteiger partial charge in [0.1, 0.15) is 12.6 Å². The highest BCUT2D eigenvalue weighted by molar-refractivity contribution is 6.32. The first-order valence-electron chi connectivity index (χ1n) is 12.1. The van der Waals surface area contributed by atoms with Crippen LogP contribution in [-0.4, -0.2) is 44.5 Å². The van der Waals surface area contributed by atoms with E-state index in [1.54, 1.807) is 13.8 Å². The van der Waals surface area contributed by atoms with Crippen LogP contribution < -0.4 is 0 Å². The van der Waals surface area contributed by atoms with Crippen LogP contribution in [0.2, 0.25) is 0 Å². The summed E-state index contributed by atoms with van der Waals surface area (Å²) in [6, 6.07) is 0. The molecule has 0 aromatic heterocycles. The van der Waals surface area contributed by atoms with Crippen LogP contribution in [0.5, 0.6) is 0 Å². The first kappa shape index (κ1) is 28.2. The van der Waals surface area contributed by atoms with Crippen LogP contribution >= 0.6 is 0 Å². The summed E-state index contributed by atoms with van der Waals surface area (Å²) in [4.78, 5) is 42.6. The fourth-order valence-electron chi connectivity index (χ4n) is 5.72. The normalized spacial score (nSPS) is 30.6. The highest BCUT2D eigenvalue weighted by Gasteiger charge is 2.75. The second-order valence-corrected chi connectivity index (χ2v) is 10.7. The summed E-state index contributed by atoms with van der Waals surface area (Å²) in [5.74, 6) is -1.38. The maximum absolute atomic E-state index is 14.6. The SMILES string of the molecule is COCO[C@H]1C[C@@]2(CC=C(C)C)C(=O)[C@](C(=O)C(C)C)(C(=O)C=C2OC)[C@]1(C)CCC=C(C)C. The van der Waals surface area contributed by atoms with E-state index in [0.29, 0.717) is 31.4 Å². The van der Waals surface area contributed by atoms with Crippen LogP contribution in [0.3, 0.4) is 0 Å². The molecule has 1 fully saturated rings. The summed E-state index contributed by atoms with van der Waals surface area (Å²) < 4.78 is 17.1. The quantitative estimate of drug-likeness (QED) is 0.228. The van der Waals surface area contributed by atoms with Crippen molar-refractivity contribution in [1.29, 1.82) is 0 Å². The molecule has 0 heterocycles. The number of hydrogen-bond acceptors (Lipinski definition) is 6. The summed E-state index contributed by atoms with van der Waals surface area (Å²) in [5, 5.41) is 0. The van der Waals surface area contributed by atoms with Crippen molar-refractivity contribution in [3.05, 3.63) is 35.1 Å². The van der Waals surface area contributed by atoms with Gasteiger partial charge in [0.25, 0.3) is 0 Å². The Balaban J connectivity index is 2.91. The molecule has 190 valence electrons. The summed E-state index contributed by atoms with van der Waals surface area (Å²) in [5.41, 5.74) is -1.86. The van der Waals surface area contributed by atoms with Crippen LogP contribution in [0, 0.1) is 22.2 Å². The molecule has 2 aliphatic carbocycles. The smallest absolute Gasteiger partial charge is 0.180 e. The molecule has 0 amide bonds. The molecule has 0 saturated heterocycles. The molecule has 2 rings (SSSR count). The lowest BCUT2D eigenvalue weighted by Crippen LogP contribution is -2.72. The van der Waals surface area contributed by atoms with E-state index in [1.165, 1.54) is 20.3 Å². The zero-order valence-corrected chi connectivity index (χ0v) is 22.4. The topological polar surface area (TPSA) is 78.9 Å². The van der Waals surface area contributed by atoms with Crippen LogP contribution in [-0.2, 0) is 28.6 Å². The lowest BCUT2D eigenvalue weighted by atomic mass is 9.41. The van der Waals surface area contributed by atoms with E-state index >= 15 is 0 Å². The lowest BCUT2D eigenvalue weighted by Gasteiger charge is -2.60. The zero-order chi connectivity index (χ0) is 25.9. The van der Waals surface area contributed by atoms with Gasteiger partial charge >= 0.3 is 0 Å². The van der Waals surface area contributed by atoms with E-state index in [2.05, 4.69) is 6.08 Å². The van der Waals surface area contributed by atoms with Crippen molar-refractivity contribution in [2.75, 3.05) is 21.0 Å². The monoisotopic (exact) mass is 474 g/mol. The Bertz CT molecular complexity index is 902. The molecule has 0 spiro atoms. The molecule has 0 aromatic carbocycles. The molecule has 6 nitrogen and oxygen atoms in total. The van der Waals surface area contributed by atoms with Gasteiger partial charge in [-0.25, -0.2) is 0 Å². The second-order valence-electron chi connectivity index (χ2n) is 10.7. The number of fused-ring (bicyclic) bond motifs is 2. The second kappa shape index (κ2) is 10.7. The summed E-state index contributed by atoms with van der Waals surface area (Å²) >= 11 is 0. The fourth-order valence-corrected chi connectivity index (χ4v) is 5.72. The molecular weight excluding hydrogens is 432 g/mol. The van der Waals surface area contributed by atoms with Gasteiger partial charge < -0.3 is 14.2 Å². The van der Waals surface area contributed by atoms with Crippen LogP contribution in [0.25, 0.3) is 0 Å². The van der Waals surface area contributed by atoms with E-state index in [0.717, 1.165) is 11.1 Å². The number of Topliss-reactive ketones (excluding diaryl/α,β-unsaturated/α-hetero) is 2. The minimum atomic E-state index is -1.84. The van der Waals surface area contributed by atoms with Gasteiger partial charge in [-0.2, -0.15) is 0 Å². The van der Waals surface area contributed by atoms with Gasteiger partial charge in [0.15, 0.2) is 22.8 Å². The minimum absolute atomic E-state index is 0.00197. The van der Waals surface area contributed by atoms with Crippen molar-refractivity contribution in [3.8, 4) is 0 Å². The van der Waals surface area contributed by atoms with E-state index in [4.69, 9.17) is 14.2 Å². The number of ether oxygens (including phenoxy) is 3. The zero-order valence-electron chi connectivity index (χ0n) is 22.4. The molecule has 0 N–H and O–H groups in total. The Morgan fingerprint density at radius 3 is 2.24 bits per heavy atom. The number of carbonyl (C=O) groups is 3. The van der Waals surface area contributed by atoms with Crippen molar-refractivity contribution in [2.24, 2.45) is 22.2 Å². The van der Waals surface area contributed by atoms with Gasteiger partial charge in [-0.1, -0.05) is 44.1 Å². The van der Waals surface area contributed by atoms with Crippen molar-refractivity contribution in [1.82, 2.24) is 0 Å². The van der Waals surface area contributed by atoms with Gasteiger partial charge in [-0.05, 0) is 53.4 Å². The third-order valence-electron chi connectivity index (χ3n) is 7.56. The number of rotatable bonds is 11. The van der Waals surface area contributed by atoms with Gasteiger partial charge in [-0.3, -0.25) is 14.4 Å². The van der Waals surface area contributed by atoms with Gasteiger partial charge in [-0.15, -0.1) is 0 Å². The maximum Gasteiger partial charge on any atom is 0.180 e. The average Bonchev–Trinajstić information content (AvgIpc) is 2.75. The summed E-state index contributed by atoms with van der Waals surface area (Å²) in [6.45, 7) is 13.3. The largest absolute Gasteiger partial charge is 0.500 e. The van der Waals surface area contributed by atoms with Crippen LogP contribution in [0.4, 0.5) is 0 Å². The molecule has 0 radical (unpaired) electrons. The lowest BCUT2D eigenvalue weighted by molar-refractivity contribution is -0.205. The predicted molar refractivity (Wildman–Crippen MR) is 132 cm³/mol. The maximum atomic E-state index is 14.6. The molecule has 2 bridgehead atoms. The van der Waals surface area contributed by atoms with E-state index in [-0.39, 0.29) is 18.4 Å². The molecule has 0 unspecified atom stereocenters. The van der Waals surface area contributed by atoms with E-state index in [1.807, 2.05) is 40.7 Å². The van der Waals surface area contributed by atoms with E-state index < -0.39 is 34.1 Å². The van der Waals surface area contributed by atoms with Crippen LogP contribution in [0.15, 0.2) is 35.1 Å². The highest BCUT2D eigenvalue weighted by atomic mass is 16.7. The molecule has 34 heavy (non-hydrogen) atoms. The van der Waals surface area contributed by atoms with Crippen molar-refractivity contribution in [3.63, 3.8) is 0 Å². The Morgan fingerprint density at radius 1 is 1.12 bits per heavy atom. The third kappa shape index (κ3) is 4.47. The van der Waals surface area contributed by atoms with Gasteiger partial charge in [0.05, 0.1) is 18.6 Å². The van der Waals surface area contributed by atoms with Gasteiger partial charge in [0, 0.05) is 24.5 Å². The Kier molecular flexibility index (Phi) is 8.87. The first-order valence-corrected chi connectivity index (χ1v) is 12.1. The molecule has 2 aliphatic rings. The minimum Gasteiger partial charge on any atom is -0.500 e. The van der Waals surface area contributed by atoms with Crippen molar-refractivity contribution < 1.29 is 28.6 Å². The number of methoxy groups -OCH3 is 2. The number of ketones is 3. The molecule has 1 saturated carbocycles. The fraction of sp³-hybridized carbons (Fsp3) is 0.679. The summed E-state index contributed by atoms with van der Waals surface area (Å²) in [7, 11) is 3.01. The summed E-state index contributed by atoms with van der Waals surface area (Å²) in [6.07, 6.45) is 6.63. The third-order valence-corrected chi connectivity index (χ3v) is 7.56. The molecule has 0 aromatic rings. The van der Waals surface area contributed by atoms with Crippen molar-refractivity contribution in [2.45, 2.75) is 80.3 Å². The first-order chi connectivity index (χ1) is 15.8.